The van der Waals surface area contributed by atoms with Gasteiger partial charge in [-0.25, -0.2) is 13.2 Å². The smallest absolute Gasteiger partial charge is 0.337 e. The van der Waals surface area contributed by atoms with Gasteiger partial charge >= 0.3 is 5.97 Å². The normalized spacial score (nSPS) is 12.2. The van der Waals surface area contributed by atoms with Gasteiger partial charge in [-0.15, -0.1) is 0 Å². The summed E-state index contributed by atoms with van der Waals surface area (Å²) < 4.78 is 30.2. The first-order chi connectivity index (χ1) is 13.0. The van der Waals surface area contributed by atoms with E-state index in [0.29, 0.717) is 5.69 Å². The van der Waals surface area contributed by atoms with Crippen LogP contribution in [0.5, 0.6) is 0 Å². The Balaban J connectivity index is 2.32. The Kier molecular flexibility index (Phi) is 6.92. The molecule has 0 aliphatic carbocycles. The molecule has 28 heavy (non-hydrogen) atoms. The number of esters is 1. The third-order valence-corrected chi connectivity index (χ3v) is 5.78. The molecule has 150 valence electrons. The number of anilines is 2. The number of hydrogen-bond acceptors (Lipinski definition) is 5. The largest absolute Gasteiger partial charge is 0.465 e. The molecule has 0 aliphatic heterocycles. The van der Waals surface area contributed by atoms with Gasteiger partial charge in [-0.3, -0.25) is 9.10 Å². The van der Waals surface area contributed by atoms with Crippen LogP contribution in [0.1, 0.15) is 17.3 Å². The predicted octanol–water partition coefficient (Wildman–Crippen LogP) is 3.57. The lowest BCUT2D eigenvalue weighted by molar-refractivity contribution is -0.116. The minimum atomic E-state index is -3.81. The summed E-state index contributed by atoms with van der Waals surface area (Å²) in [6.07, 6.45) is 0.983. The molecule has 1 atom stereocenters. The van der Waals surface area contributed by atoms with Crippen molar-refractivity contribution >= 4 is 56.5 Å². The Morgan fingerprint density at radius 1 is 1.11 bits per heavy atom. The van der Waals surface area contributed by atoms with Crippen LogP contribution in [0.25, 0.3) is 0 Å². The van der Waals surface area contributed by atoms with Crippen LogP contribution in [-0.4, -0.2) is 39.7 Å². The zero-order valence-electron chi connectivity index (χ0n) is 15.3. The van der Waals surface area contributed by atoms with Crippen molar-refractivity contribution < 1.29 is 22.7 Å². The second-order valence-electron chi connectivity index (χ2n) is 5.89. The van der Waals surface area contributed by atoms with Crippen LogP contribution in [0.3, 0.4) is 0 Å². The second-order valence-corrected chi connectivity index (χ2v) is 8.57. The Morgan fingerprint density at radius 3 is 2.36 bits per heavy atom. The molecule has 0 fully saturated rings. The maximum atomic E-state index is 12.7. The zero-order valence-corrected chi connectivity index (χ0v) is 17.6. The summed E-state index contributed by atoms with van der Waals surface area (Å²) in [6, 6.07) is 9.27. The van der Waals surface area contributed by atoms with Crippen molar-refractivity contribution in [3.63, 3.8) is 0 Å². The molecule has 0 heterocycles. The van der Waals surface area contributed by atoms with Crippen LogP contribution in [0.4, 0.5) is 11.4 Å². The number of nitrogens with zero attached hydrogens (tertiary/aromatic N) is 1. The first-order valence-corrected chi connectivity index (χ1v) is 10.6. The molecule has 0 aromatic heterocycles. The van der Waals surface area contributed by atoms with Gasteiger partial charge in [0.2, 0.25) is 15.9 Å². The average molecular weight is 445 g/mol. The van der Waals surface area contributed by atoms with E-state index in [1.165, 1.54) is 44.4 Å². The molecule has 0 bridgehead atoms. The van der Waals surface area contributed by atoms with Gasteiger partial charge in [0.25, 0.3) is 0 Å². The topological polar surface area (TPSA) is 92.8 Å². The summed E-state index contributed by atoms with van der Waals surface area (Å²) in [6.45, 7) is 1.43. The second kappa shape index (κ2) is 8.81. The van der Waals surface area contributed by atoms with Crippen molar-refractivity contribution in [1.29, 1.82) is 0 Å². The third-order valence-electron chi connectivity index (χ3n) is 3.80. The van der Waals surface area contributed by atoms with Crippen molar-refractivity contribution in [2.45, 2.75) is 13.0 Å². The van der Waals surface area contributed by atoms with E-state index in [1.54, 1.807) is 12.1 Å². The molecule has 1 N–H and O–H groups in total. The quantitative estimate of drug-likeness (QED) is 0.687. The van der Waals surface area contributed by atoms with Crippen molar-refractivity contribution in [2.75, 3.05) is 23.0 Å². The fraction of sp³-hybridized carbons (Fsp3) is 0.222. The van der Waals surface area contributed by atoms with Crippen molar-refractivity contribution in [2.24, 2.45) is 0 Å². The summed E-state index contributed by atoms with van der Waals surface area (Å²) in [7, 11) is -2.57. The van der Waals surface area contributed by atoms with Gasteiger partial charge in [-0.1, -0.05) is 29.3 Å². The molecule has 2 rings (SSSR count). The molecule has 2 aromatic rings. The molecular weight excluding hydrogens is 427 g/mol. The van der Waals surface area contributed by atoms with Crippen molar-refractivity contribution in [3.05, 3.63) is 58.1 Å². The number of carbonyl (C=O) groups is 2. The molecule has 0 spiro atoms. The third kappa shape index (κ3) is 5.15. The van der Waals surface area contributed by atoms with E-state index in [2.05, 4.69) is 10.1 Å². The van der Waals surface area contributed by atoms with E-state index >= 15 is 0 Å². The molecule has 0 radical (unpaired) electrons. The van der Waals surface area contributed by atoms with E-state index in [1.807, 2.05) is 0 Å². The Labute approximate surface area is 173 Å². The monoisotopic (exact) mass is 444 g/mol. The van der Waals surface area contributed by atoms with Crippen LogP contribution in [0, 0.1) is 0 Å². The van der Waals surface area contributed by atoms with Crippen molar-refractivity contribution in [3.8, 4) is 0 Å². The maximum absolute atomic E-state index is 12.7. The molecule has 0 saturated heterocycles. The van der Waals surface area contributed by atoms with Gasteiger partial charge in [-0.2, -0.15) is 0 Å². The number of carbonyl (C=O) groups excluding carboxylic acids is 2. The van der Waals surface area contributed by atoms with Gasteiger partial charge in [0.05, 0.1) is 34.7 Å². The van der Waals surface area contributed by atoms with Gasteiger partial charge in [-0.05, 0) is 43.3 Å². The van der Waals surface area contributed by atoms with Crippen LogP contribution in [0.15, 0.2) is 42.5 Å². The lowest BCUT2D eigenvalue weighted by Gasteiger charge is -2.28. The SMILES string of the molecule is COC(=O)c1cccc(NC(=O)[C@H](C)N(c2ccc(Cl)c(Cl)c2)S(C)(=O)=O)c1. The number of amides is 1. The predicted molar refractivity (Wildman–Crippen MR) is 110 cm³/mol. The number of halogens is 2. The molecular formula is C18H18Cl2N2O5S. The highest BCUT2D eigenvalue weighted by atomic mass is 35.5. The van der Waals surface area contributed by atoms with E-state index in [-0.39, 0.29) is 21.3 Å². The van der Waals surface area contributed by atoms with Crippen LogP contribution in [0.2, 0.25) is 10.0 Å². The van der Waals surface area contributed by atoms with E-state index < -0.39 is 27.9 Å². The number of hydrogen-bond donors (Lipinski definition) is 1. The molecule has 1 amide bonds. The van der Waals surface area contributed by atoms with Gasteiger partial charge in [0.1, 0.15) is 6.04 Å². The maximum Gasteiger partial charge on any atom is 0.337 e. The number of rotatable bonds is 6. The zero-order chi connectivity index (χ0) is 21.1. The molecule has 0 aliphatic rings. The Morgan fingerprint density at radius 2 is 1.79 bits per heavy atom. The lowest BCUT2D eigenvalue weighted by atomic mass is 10.2. The summed E-state index contributed by atoms with van der Waals surface area (Å²) in [5, 5.41) is 3.02. The minimum absolute atomic E-state index is 0.159. The molecule has 2 aromatic carbocycles. The highest BCUT2D eigenvalue weighted by molar-refractivity contribution is 7.92. The number of sulfonamides is 1. The van der Waals surface area contributed by atoms with E-state index in [4.69, 9.17) is 23.2 Å². The first kappa shape index (κ1) is 22.0. The van der Waals surface area contributed by atoms with Crippen molar-refractivity contribution in [1.82, 2.24) is 0 Å². The minimum Gasteiger partial charge on any atom is -0.465 e. The average Bonchev–Trinajstić information content (AvgIpc) is 2.63. The Bertz CT molecular complexity index is 1010. The van der Waals surface area contributed by atoms with E-state index in [0.717, 1.165) is 10.6 Å². The summed E-state index contributed by atoms with van der Waals surface area (Å²) in [4.78, 5) is 24.3. The molecule has 0 unspecified atom stereocenters. The molecule has 0 saturated carbocycles. The van der Waals surface area contributed by atoms with Crippen LogP contribution < -0.4 is 9.62 Å². The number of methoxy groups -OCH3 is 1. The summed E-state index contributed by atoms with van der Waals surface area (Å²) in [5.41, 5.74) is 0.766. The standard InChI is InChI=1S/C18H18Cl2N2O5S/c1-11(17(23)21-13-6-4-5-12(9-13)18(24)27-2)22(28(3,25)26)14-7-8-15(19)16(20)10-14/h4-11H,1-3H3,(H,21,23)/t11-/m0/s1. The van der Waals surface area contributed by atoms with Crippen LogP contribution >= 0.6 is 23.2 Å². The van der Waals surface area contributed by atoms with E-state index in [9.17, 15) is 18.0 Å². The fourth-order valence-corrected chi connectivity index (χ4v) is 3.98. The number of benzene rings is 2. The molecule has 10 heteroatoms. The van der Waals surface area contributed by atoms with Crippen LogP contribution in [-0.2, 0) is 19.6 Å². The van der Waals surface area contributed by atoms with Gasteiger partial charge in [0, 0.05) is 5.69 Å². The van der Waals surface area contributed by atoms with Gasteiger partial charge in [0.15, 0.2) is 0 Å². The highest BCUT2D eigenvalue weighted by Crippen LogP contribution is 2.30. The Hall–Kier alpha value is -2.29. The number of nitrogens with one attached hydrogen (secondary N) is 1. The number of ether oxygens (including phenoxy) is 1. The molecule has 7 nitrogen and oxygen atoms in total. The fourth-order valence-electron chi connectivity index (χ4n) is 2.52. The summed E-state index contributed by atoms with van der Waals surface area (Å²) in [5.74, 6) is -1.16. The first-order valence-electron chi connectivity index (χ1n) is 7.98. The lowest BCUT2D eigenvalue weighted by Crippen LogP contribution is -2.45. The van der Waals surface area contributed by atoms with Gasteiger partial charge < -0.3 is 10.1 Å². The summed E-state index contributed by atoms with van der Waals surface area (Å²) >= 11 is 11.9. The highest BCUT2D eigenvalue weighted by Gasteiger charge is 2.29.